The highest BCUT2D eigenvalue weighted by molar-refractivity contribution is 5.57. The lowest BCUT2D eigenvalue weighted by Crippen LogP contribution is -2.43. The van der Waals surface area contributed by atoms with Crippen molar-refractivity contribution in [2.24, 2.45) is 0 Å². The highest BCUT2D eigenvalue weighted by Crippen LogP contribution is 2.22. The lowest BCUT2D eigenvalue weighted by Gasteiger charge is -2.32. The SMILES string of the molecule is CN1CCN(Cc2ccc(-c3ncc(N4CCCC4)cn3)cc2)CC1.Cc1nc2nc(C)c(O)c(C)n2n1. The molecule has 0 aliphatic carbocycles. The molecule has 5 heterocycles. The lowest BCUT2D eigenvalue weighted by molar-refractivity contribution is 0.148. The molecule has 0 unspecified atom stereocenters. The molecule has 0 radical (unpaired) electrons. The van der Waals surface area contributed by atoms with Crippen molar-refractivity contribution in [3.05, 3.63) is 59.4 Å². The second-order valence-corrected chi connectivity index (χ2v) is 10.2. The number of aromatic nitrogens is 6. The maximum absolute atomic E-state index is 9.56. The topological polar surface area (TPSA) is 98.8 Å². The van der Waals surface area contributed by atoms with Crippen molar-refractivity contribution in [2.45, 2.75) is 40.2 Å². The molecule has 1 N–H and O–H groups in total. The minimum atomic E-state index is 0.178. The normalized spacial score (nSPS) is 16.6. The average Bonchev–Trinajstić information content (AvgIpc) is 3.60. The van der Waals surface area contributed by atoms with Gasteiger partial charge in [0.05, 0.1) is 29.5 Å². The van der Waals surface area contributed by atoms with Crippen molar-refractivity contribution < 1.29 is 5.11 Å². The van der Waals surface area contributed by atoms with Crippen molar-refractivity contribution >= 4 is 11.5 Å². The number of aryl methyl sites for hydroxylation is 3. The number of rotatable bonds is 4. The predicted octanol–water partition coefficient (Wildman–Crippen LogP) is 3.25. The van der Waals surface area contributed by atoms with Gasteiger partial charge in [0.25, 0.3) is 5.78 Å². The summed E-state index contributed by atoms with van der Waals surface area (Å²) in [6.07, 6.45) is 6.48. The van der Waals surface area contributed by atoms with Crippen molar-refractivity contribution in [1.29, 1.82) is 0 Å². The first-order valence-electron chi connectivity index (χ1n) is 13.3. The van der Waals surface area contributed by atoms with Crippen LogP contribution >= 0.6 is 0 Å². The third kappa shape index (κ3) is 5.92. The Bertz CT molecular complexity index is 1350. The average molecular weight is 516 g/mol. The van der Waals surface area contributed by atoms with Crippen LogP contribution in [0.15, 0.2) is 36.7 Å². The number of likely N-dealkylation sites (N-methyl/N-ethyl adjacent to an activating group) is 1. The van der Waals surface area contributed by atoms with E-state index >= 15 is 0 Å². The molecule has 0 atom stereocenters. The summed E-state index contributed by atoms with van der Waals surface area (Å²) in [5.41, 5.74) is 4.85. The van der Waals surface area contributed by atoms with Crippen molar-refractivity contribution in [2.75, 3.05) is 51.2 Å². The Labute approximate surface area is 224 Å². The number of hydrogen-bond acceptors (Lipinski definition) is 9. The van der Waals surface area contributed by atoms with Crippen molar-refractivity contribution in [3.63, 3.8) is 0 Å². The Hall–Kier alpha value is -3.63. The van der Waals surface area contributed by atoms with Crippen LogP contribution < -0.4 is 4.90 Å². The fourth-order valence-corrected chi connectivity index (χ4v) is 4.90. The number of anilines is 1. The van der Waals surface area contributed by atoms with E-state index in [1.807, 2.05) is 12.4 Å². The Balaban J connectivity index is 0.000000190. The number of nitrogens with zero attached hydrogens (tertiary/aromatic N) is 9. The minimum absolute atomic E-state index is 0.178. The van der Waals surface area contributed by atoms with E-state index in [1.165, 1.54) is 22.9 Å². The molecule has 0 spiro atoms. The van der Waals surface area contributed by atoms with Gasteiger partial charge < -0.3 is 14.9 Å². The molecule has 38 heavy (non-hydrogen) atoms. The van der Waals surface area contributed by atoms with Gasteiger partial charge in [0.1, 0.15) is 5.82 Å². The molecule has 0 saturated carbocycles. The third-order valence-corrected chi connectivity index (χ3v) is 7.29. The maximum atomic E-state index is 9.56. The van der Waals surface area contributed by atoms with Gasteiger partial charge in [-0.25, -0.2) is 15.0 Å². The highest BCUT2D eigenvalue weighted by Gasteiger charge is 2.15. The number of hydrogen-bond donors (Lipinski definition) is 1. The van der Waals surface area contributed by atoms with Gasteiger partial charge in [0, 0.05) is 51.4 Å². The van der Waals surface area contributed by atoms with Crippen LogP contribution in [0.5, 0.6) is 5.75 Å². The van der Waals surface area contributed by atoms with Gasteiger partial charge in [0.15, 0.2) is 11.6 Å². The summed E-state index contributed by atoms with van der Waals surface area (Å²) in [5.74, 6) is 2.18. The predicted molar refractivity (Wildman–Crippen MR) is 148 cm³/mol. The van der Waals surface area contributed by atoms with Gasteiger partial charge in [0.2, 0.25) is 0 Å². The summed E-state index contributed by atoms with van der Waals surface area (Å²) in [6, 6.07) is 8.73. The van der Waals surface area contributed by atoms with Crippen LogP contribution in [-0.2, 0) is 6.54 Å². The Kier molecular flexibility index (Phi) is 7.80. The molecule has 1 aromatic carbocycles. The molecular weight excluding hydrogens is 478 g/mol. The summed E-state index contributed by atoms with van der Waals surface area (Å²) in [7, 11) is 2.20. The quantitative estimate of drug-likeness (QED) is 0.439. The monoisotopic (exact) mass is 515 g/mol. The summed E-state index contributed by atoms with van der Waals surface area (Å²) in [5, 5.41) is 13.7. The first-order valence-corrected chi connectivity index (χ1v) is 13.3. The zero-order chi connectivity index (χ0) is 26.6. The van der Waals surface area contributed by atoms with E-state index in [1.54, 1.807) is 20.8 Å². The largest absolute Gasteiger partial charge is 0.504 e. The van der Waals surface area contributed by atoms with Crippen LogP contribution in [0.4, 0.5) is 5.69 Å². The summed E-state index contributed by atoms with van der Waals surface area (Å²) in [4.78, 5) is 24.6. The molecule has 2 aliphatic rings. The molecule has 2 aliphatic heterocycles. The van der Waals surface area contributed by atoms with Crippen LogP contribution in [0.3, 0.4) is 0 Å². The van der Waals surface area contributed by atoms with Gasteiger partial charge in [-0.3, -0.25) is 4.90 Å². The van der Waals surface area contributed by atoms with Gasteiger partial charge in [-0.2, -0.15) is 9.50 Å². The van der Waals surface area contributed by atoms with Crippen LogP contribution in [-0.4, -0.2) is 90.8 Å². The number of fused-ring (bicyclic) bond motifs is 1. The third-order valence-electron chi connectivity index (χ3n) is 7.29. The molecule has 6 rings (SSSR count). The van der Waals surface area contributed by atoms with E-state index in [2.05, 4.69) is 71.0 Å². The molecule has 10 nitrogen and oxygen atoms in total. The van der Waals surface area contributed by atoms with E-state index in [0.29, 0.717) is 23.0 Å². The van der Waals surface area contributed by atoms with Crippen molar-refractivity contribution in [3.8, 4) is 17.1 Å². The Morgan fingerprint density at radius 1 is 0.842 bits per heavy atom. The molecule has 2 saturated heterocycles. The smallest absolute Gasteiger partial charge is 0.253 e. The second-order valence-electron chi connectivity index (χ2n) is 10.2. The second kappa shape index (κ2) is 11.4. The van der Waals surface area contributed by atoms with Gasteiger partial charge in [-0.05, 0) is 46.2 Å². The zero-order valence-corrected chi connectivity index (χ0v) is 22.8. The molecule has 3 aromatic heterocycles. The summed E-state index contributed by atoms with van der Waals surface area (Å²) in [6.45, 7) is 13.2. The van der Waals surface area contributed by atoms with Gasteiger partial charge in [-0.15, -0.1) is 5.10 Å². The summed E-state index contributed by atoms with van der Waals surface area (Å²) >= 11 is 0. The number of aromatic hydroxyl groups is 1. The first kappa shape index (κ1) is 26.0. The van der Waals surface area contributed by atoms with E-state index in [0.717, 1.165) is 62.9 Å². The standard InChI is InChI=1S/C20H27N5.C8H10N4O/c1-23-10-12-24(13-11-23)16-17-4-6-18(7-5-17)20-21-14-19(15-22-20)25-8-2-3-9-25;1-4-7(13)5(2)12-8(9-4)10-6(3)11-12/h4-7,14-15H,2-3,8-13,16H2,1H3;13H,1-3H3. The zero-order valence-electron chi connectivity index (χ0n) is 22.8. The van der Waals surface area contributed by atoms with E-state index in [4.69, 9.17) is 0 Å². The van der Waals surface area contributed by atoms with E-state index in [9.17, 15) is 5.11 Å². The minimum Gasteiger partial charge on any atom is -0.504 e. The van der Waals surface area contributed by atoms with Crippen molar-refractivity contribution in [1.82, 2.24) is 39.3 Å². The fourth-order valence-electron chi connectivity index (χ4n) is 4.90. The number of benzene rings is 1. The van der Waals surface area contributed by atoms with Crippen LogP contribution in [0.25, 0.3) is 17.2 Å². The fraction of sp³-hybridized carbons (Fsp3) is 0.464. The molecule has 4 aromatic rings. The van der Waals surface area contributed by atoms with Gasteiger partial charge in [-0.1, -0.05) is 24.3 Å². The van der Waals surface area contributed by atoms with Crippen LogP contribution in [0.1, 0.15) is 35.6 Å². The molecule has 10 heteroatoms. The summed E-state index contributed by atoms with van der Waals surface area (Å²) < 4.78 is 1.54. The highest BCUT2D eigenvalue weighted by atomic mass is 16.3. The van der Waals surface area contributed by atoms with Gasteiger partial charge >= 0.3 is 0 Å². The maximum Gasteiger partial charge on any atom is 0.253 e. The Morgan fingerprint density at radius 2 is 1.50 bits per heavy atom. The van der Waals surface area contributed by atoms with E-state index < -0.39 is 0 Å². The lowest BCUT2D eigenvalue weighted by atomic mass is 10.1. The molecular formula is C28H37N9O. The van der Waals surface area contributed by atoms with Crippen LogP contribution in [0.2, 0.25) is 0 Å². The van der Waals surface area contributed by atoms with E-state index in [-0.39, 0.29) is 5.75 Å². The molecule has 200 valence electrons. The first-order chi connectivity index (χ1) is 18.4. The molecule has 0 amide bonds. The molecule has 0 bridgehead atoms. The Morgan fingerprint density at radius 3 is 2.16 bits per heavy atom. The number of piperazine rings is 1. The van der Waals surface area contributed by atoms with Crippen LogP contribution in [0, 0.1) is 20.8 Å². The molecule has 2 fully saturated rings.